The Bertz CT molecular complexity index is 836. The predicted molar refractivity (Wildman–Crippen MR) is 96.0 cm³/mol. The molecule has 26 heavy (non-hydrogen) atoms. The molecule has 6 nitrogen and oxygen atoms in total. The van der Waals surface area contributed by atoms with E-state index >= 15 is 0 Å². The Morgan fingerprint density at radius 1 is 1.19 bits per heavy atom. The number of hydrogen-bond acceptors (Lipinski definition) is 4. The smallest absolute Gasteiger partial charge is 0.338 e. The van der Waals surface area contributed by atoms with Gasteiger partial charge in [-0.25, -0.2) is 4.79 Å². The van der Waals surface area contributed by atoms with Gasteiger partial charge in [-0.15, -0.1) is 0 Å². The van der Waals surface area contributed by atoms with E-state index in [0.717, 1.165) is 29.9 Å². The molecule has 2 aromatic rings. The third-order valence-corrected chi connectivity index (χ3v) is 4.52. The molecule has 136 valence electrons. The first-order valence-corrected chi connectivity index (χ1v) is 8.67. The van der Waals surface area contributed by atoms with Gasteiger partial charge in [0, 0.05) is 36.5 Å². The molecule has 6 heteroatoms. The first-order chi connectivity index (χ1) is 12.4. The molecule has 2 heterocycles. The Balaban J connectivity index is 1.55. The number of carbonyl (C=O) groups excluding carboxylic acids is 3. The Kier molecular flexibility index (Phi) is 5.21. The van der Waals surface area contributed by atoms with Gasteiger partial charge in [-0.3, -0.25) is 9.59 Å². The van der Waals surface area contributed by atoms with Crippen LogP contribution in [0.3, 0.4) is 0 Å². The first-order valence-electron chi connectivity index (χ1n) is 8.67. The van der Waals surface area contributed by atoms with Gasteiger partial charge in [0.25, 0.3) is 0 Å². The van der Waals surface area contributed by atoms with Gasteiger partial charge in [0.1, 0.15) is 0 Å². The van der Waals surface area contributed by atoms with E-state index < -0.39 is 5.97 Å². The zero-order valence-corrected chi connectivity index (χ0v) is 15.0. The molecule has 1 amide bonds. The summed E-state index contributed by atoms with van der Waals surface area (Å²) < 4.78 is 5.13. The number of amides is 1. The standard InChI is InChI=1S/C20H22N2O4/c1-13-10-17(14(2)21-13)18(23)12-26-20(25)16-7-5-15(6-8-16)11-22-9-3-4-19(22)24/h5-8,10,21H,3-4,9,11-12H2,1-2H3. The van der Waals surface area contributed by atoms with Gasteiger partial charge >= 0.3 is 5.97 Å². The van der Waals surface area contributed by atoms with E-state index in [2.05, 4.69) is 4.98 Å². The molecule has 1 N–H and O–H groups in total. The van der Waals surface area contributed by atoms with E-state index in [-0.39, 0.29) is 18.3 Å². The van der Waals surface area contributed by atoms with Crippen molar-refractivity contribution in [3.05, 3.63) is 58.4 Å². The van der Waals surface area contributed by atoms with Crippen LogP contribution in [0, 0.1) is 13.8 Å². The predicted octanol–water partition coefficient (Wildman–Crippen LogP) is 2.79. The van der Waals surface area contributed by atoms with Gasteiger partial charge in [-0.1, -0.05) is 12.1 Å². The SMILES string of the molecule is Cc1cc(C(=O)COC(=O)c2ccc(CN3CCCC3=O)cc2)c(C)[nH]1. The summed E-state index contributed by atoms with van der Waals surface area (Å²) in [6, 6.07) is 8.69. The van der Waals surface area contributed by atoms with E-state index in [1.165, 1.54) is 0 Å². The highest BCUT2D eigenvalue weighted by atomic mass is 16.5. The molecule has 0 radical (unpaired) electrons. The number of aromatic amines is 1. The second-order valence-electron chi connectivity index (χ2n) is 6.61. The van der Waals surface area contributed by atoms with Crippen LogP contribution in [0.2, 0.25) is 0 Å². The molecular formula is C20H22N2O4. The Morgan fingerprint density at radius 2 is 1.92 bits per heavy atom. The second-order valence-corrected chi connectivity index (χ2v) is 6.61. The van der Waals surface area contributed by atoms with Crippen molar-refractivity contribution in [3.63, 3.8) is 0 Å². The number of nitrogens with zero attached hydrogens (tertiary/aromatic N) is 1. The molecule has 0 spiro atoms. The van der Waals surface area contributed by atoms with Gasteiger partial charge < -0.3 is 14.6 Å². The van der Waals surface area contributed by atoms with Crippen LogP contribution in [-0.4, -0.2) is 40.7 Å². The molecular weight excluding hydrogens is 332 g/mol. The topological polar surface area (TPSA) is 79.5 Å². The monoisotopic (exact) mass is 354 g/mol. The minimum Gasteiger partial charge on any atom is -0.454 e. The fourth-order valence-corrected chi connectivity index (χ4v) is 3.14. The number of esters is 1. The maximum atomic E-state index is 12.2. The van der Waals surface area contributed by atoms with Gasteiger partial charge in [0.05, 0.1) is 5.56 Å². The molecule has 1 saturated heterocycles. The molecule has 0 atom stereocenters. The number of Topliss-reactive ketones (excluding diaryl/α,β-unsaturated/α-hetero) is 1. The summed E-state index contributed by atoms with van der Waals surface area (Å²) in [6.07, 6.45) is 1.51. The van der Waals surface area contributed by atoms with Crippen LogP contribution in [-0.2, 0) is 16.1 Å². The van der Waals surface area contributed by atoms with Crippen molar-refractivity contribution in [2.75, 3.05) is 13.2 Å². The second kappa shape index (κ2) is 7.56. The number of nitrogens with one attached hydrogen (secondary N) is 1. The Hall–Kier alpha value is -2.89. The molecule has 1 aliphatic heterocycles. The number of benzene rings is 1. The van der Waals surface area contributed by atoms with Crippen LogP contribution in [0.4, 0.5) is 0 Å². The maximum absolute atomic E-state index is 12.2. The van der Waals surface area contributed by atoms with Crippen LogP contribution in [0.5, 0.6) is 0 Å². The minimum absolute atomic E-state index is 0.169. The van der Waals surface area contributed by atoms with Crippen molar-refractivity contribution >= 4 is 17.7 Å². The quantitative estimate of drug-likeness (QED) is 0.639. The largest absolute Gasteiger partial charge is 0.454 e. The van der Waals surface area contributed by atoms with Crippen LogP contribution in [0.15, 0.2) is 30.3 Å². The Morgan fingerprint density at radius 3 is 2.50 bits per heavy atom. The normalized spacial score (nSPS) is 13.9. The minimum atomic E-state index is -0.535. The van der Waals surface area contributed by atoms with E-state index in [9.17, 15) is 14.4 Å². The molecule has 0 saturated carbocycles. The number of rotatable bonds is 6. The highest BCUT2D eigenvalue weighted by Crippen LogP contribution is 2.15. The highest BCUT2D eigenvalue weighted by molar-refractivity contribution is 6.00. The summed E-state index contributed by atoms with van der Waals surface area (Å²) in [5.41, 5.74) is 3.55. The van der Waals surface area contributed by atoms with Crippen molar-refractivity contribution in [2.45, 2.75) is 33.2 Å². The third-order valence-electron chi connectivity index (χ3n) is 4.52. The fraction of sp³-hybridized carbons (Fsp3) is 0.350. The molecule has 0 aliphatic carbocycles. The zero-order chi connectivity index (χ0) is 18.7. The lowest BCUT2D eigenvalue weighted by atomic mass is 10.1. The van der Waals surface area contributed by atoms with Crippen LogP contribution >= 0.6 is 0 Å². The Labute approximate surface area is 152 Å². The highest BCUT2D eigenvalue weighted by Gasteiger charge is 2.20. The first kappa shape index (κ1) is 17.9. The van der Waals surface area contributed by atoms with Gasteiger partial charge in [0.2, 0.25) is 11.7 Å². The lowest BCUT2D eigenvalue weighted by molar-refractivity contribution is -0.128. The summed E-state index contributed by atoms with van der Waals surface area (Å²) in [5, 5.41) is 0. The number of ether oxygens (including phenoxy) is 1. The molecule has 0 bridgehead atoms. The van der Waals surface area contributed by atoms with Crippen molar-refractivity contribution in [3.8, 4) is 0 Å². The van der Waals surface area contributed by atoms with E-state index in [0.29, 0.717) is 24.1 Å². The summed E-state index contributed by atoms with van der Waals surface area (Å²) in [5.74, 6) is -0.598. The molecule has 1 fully saturated rings. The summed E-state index contributed by atoms with van der Waals surface area (Å²) in [4.78, 5) is 40.8. The molecule has 1 aromatic heterocycles. The third kappa shape index (κ3) is 4.02. The lowest BCUT2D eigenvalue weighted by Gasteiger charge is -2.15. The van der Waals surface area contributed by atoms with E-state index in [1.54, 1.807) is 18.2 Å². The number of likely N-dealkylation sites (tertiary alicyclic amines) is 1. The summed E-state index contributed by atoms with van der Waals surface area (Å²) in [7, 11) is 0. The number of carbonyl (C=O) groups is 3. The fourth-order valence-electron chi connectivity index (χ4n) is 3.14. The number of ketones is 1. The average molecular weight is 354 g/mol. The van der Waals surface area contributed by atoms with Crippen LogP contribution in [0.25, 0.3) is 0 Å². The maximum Gasteiger partial charge on any atom is 0.338 e. The molecule has 1 aromatic carbocycles. The van der Waals surface area contributed by atoms with Crippen molar-refractivity contribution in [1.29, 1.82) is 0 Å². The average Bonchev–Trinajstić information content (AvgIpc) is 3.18. The molecule has 1 aliphatic rings. The van der Waals surface area contributed by atoms with E-state index in [4.69, 9.17) is 4.74 Å². The number of hydrogen-bond donors (Lipinski definition) is 1. The van der Waals surface area contributed by atoms with Crippen molar-refractivity contribution in [1.82, 2.24) is 9.88 Å². The van der Waals surface area contributed by atoms with Crippen LogP contribution in [0.1, 0.15) is 50.5 Å². The van der Waals surface area contributed by atoms with Gasteiger partial charge in [-0.05, 0) is 44.0 Å². The number of aryl methyl sites for hydroxylation is 2. The zero-order valence-electron chi connectivity index (χ0n) is 15.0. The summed E-state index contributed by atoms with van der Waals surface area (Å²) >= 11 is 0. The number of aromatic nitrogens is 1. The van der Waals surface area contributed by atoms with Crippen molar-refractivity contribution in [2.24, 2.45) is 0 Å². The summed E-state index contributed by atoms with van der Waals surface area (Å²) in [6.45, 7) is 4.72. The van der Waals surface area contributed by atoms with Gasteiger partial charge in [0.15, 0.2) is 6.61 Å². The molecule has 3 rings (SSSR count). The van der Waals surface area contributed by atoms with E-state index in [1.807, 2.05) is 30.9 Å². The lowest BCUT2D eigenvalue weighted by Crippen LogP contribution is -2.23. The van der Waals surface area contributed by atoms with Gasteiger partial charge in [-0.2, -0.15) is 0 Å². The van der Waals surface area contributed by atoms with Crippen LogP contribution < -0.4 is 0 Å². The van der Waals surface area contributed by atoms with Crippen molar-refractivity contribution < 1.29 is 19.1 Å². The number of H-pyrrole nitrogens is 1. The molecule has 0 unspecified atom stereocenters.